The molecule has 0 aliphatic carbocycles. The fourth-order valence-corrected chi connectivity index (χ4v) is 3.40. The third kappa shape index (κ3) is 4.97. The molecule has 6 nitrogen and oxygen atoms in total. The van der Waals surface area contributed by atoms with Crippen molar-refractivity contribution in [3.8, 4) is 0 Å². The Balaban J connectivity index is 1.51. The molecule has 29 heavy (non-hydrogen) atoms. The Hall–Kier alpha value is -3.25. The van der Waals surface area contributed by atoms with Crippen LogP contribution in [0, 0.1) is 5.92 Å². The molecular formula is C23H24N4O2. The van der Waals surface area contributed by atoms with E-state index in [2.05, 4.69) is 32.5 Å². The van der Waals surface area contributed by atoms with Crippen molar-refractivity contribution in [2.24, 2.45) is 5.92 Å². The molecule has 1 fully saturated rings. The molecule has 1 N–H and O–H groups in total. The number of hydrogen-bond acceptors (Lipinski definition) is 5. The number of para-hydroxylation sites is 1. The highest BCUT2D eigenvalue weighted by Gasteiger charge is 2.22. The highest BCUT2D eigenvalue weighted by atomic mass is 16.5. The van der Waals surface area contributed by atoms with Crippen LogP contribution in [0.5, 0.6) is 0 Å². The van der Waals surface area contributed by atoms with Crippen LogP contribution in [-0.4, -0.2) is 29.3 Å². The number of nitrogens with zero attached hydrogens (tertiary/aromatic N) is 3. The van der Waals surface area contributed by atoms with E-state index in [0.717, 1.165) is 24.3 Å². The van der Waals surface area contributed by atoms with Crippen molar-refractivity contribution in [2.45, 2.75) is 19.4 Å². The van der Waals surface area contributed by atoms with Gasteiger partial charge in [-0.05, 0) is 42.7 Å². The summed E-state index contributed by atoms with van der Waals surface area (Å²) >= 11 is 0. The number of amides is 1. The first-order chi connectivity index (χ1) is 14.3. The summed E-state index contributed by atoms with van der Waals surface area (Å²) in [7, 11) is 0. The summed E-state index contributed by atoms with van der Waals surface area (Å²) in [5.74, 6) is 1.16. The SMILES string of the molecule is O=C(Nc1ccc(N(Cc2ccccc2)c2ccccc2)nn1)C1CCOCC1. The van der Waals surface area contributed by atoms with E-state index in [1.807, 2.05) is 54.6 Å². The summed E-state index contributed by atoms with van der Waals surface area (Å²) in [6, 6.07) is 24.0. The van der Waals surface area contributed by atoms with E-state index in [9.17, 15) is 4.79 Å². The van der Waals surface area contributed by atoms with Crippen LogP contribution in [-0.2, 0) is 16.1 Å². The number of anilines is 3. The largest absolute Gasteiger partial charge is 0.381 e. The van der Waals surface area contributed by atoms with Crippen LogP contribution in [0.4, 0.5) is 17.3 Å². The molecule has 1 amide bonds. The highest BCUT2D eigenvalue weighted by molar-refractivity contribution is 5.91. The van der Waals surface area contributed by atoms with Crippen molar-refractivity contribution in [1.82, 2.24) is 10.2 Å². The third-order valence-electron chi connectivity index (χ3n) is 5.02. The van der Waals surface area contributed by atoms with Gasteiger partial charge in [-0.25, -0.2) is 0 Å². The zero-order valence-corrected chi connectivity index (χ0v) is 16.2. The molecule has 2 aromatic carbocycles. The van der Waals surface area contributed by atoms with Crippen LogP contribution in [0.15, 0.2) is 72.8 Å². The average molecular weight is 388 g/mol. The number of aromatic nitrogens is 2. The van der Waals surface area contributed by atoms with Gasteiger partial charge in [-0.1, -0.05) is 48.5 Å². The van der Waals surface area contributed by atoms with Crippen molar-refractivity contribution < 1.29 is 9.53 Å². The minimum atomic E-state index is -0.0240. The molecule has 148 valence electrons. The fraction of sp³-hybridized carbons (Fsp3) is 0.261. The maximum Gasteiger partial charge on any atom is 0.228 e. The number of ether oxygens (including phenoxy) is 1. The lowest BCUT2D eigenvalue weighted by Gasteiger charge is -2.24. The smallest absolute Gasteiger partial charge is 0.228 e. The van der Waals surface area contributed by atoms with Gasteiger partial charge in [0, 0.05) is 31.4 Å². The summed E-state index contributed by atoms with van der Waals surface area (Å²) in [5, 5.41) is 11.5. The summed E-state index contributed by atoms with van der Waals surface area (Å²) in [4.78, 5) is 14.5. The van der Waals surface area contributed by atoms with Gasteiger partial charge in [0.1, 0.15) is 0 Å². The quantitative estimate of drug-likeness (QED) is 0.686. The lowest BCUT2D eigenvalue weighted by atomic mass is 9.99. The predicted molar refractivity (Wildman–Crippen MR) is 113 cm³/mol. The second-order valence-corrected chi connectivity index (χ2v) is 7.06. The molecule has 1 saturated heterocycles. The fourth-order valence-electron chi connectivity index (χ4n) is 3.40. The normalized spacial score (nSPS) is 14.3. The second-order valence-electron chi connectivity index (χ2n) is 7.06. The van der Waals surface area contributed by atoms with E-state index in [1.54, 1.807) is 6.07 Å². The molecule has 0 radical (unpaired) electrons. The summed E-state index contributed by atoms with van der Waals surface area (Å²) in [5.41, 5.74) is 2.21. The van der Waals surface area contributed by atoms with E-state index in [4.69, 9.17) is 4.74 Å². The maximum atomic E-state index is 12.4. The molecule has 2 heterocycles. The van der Waals surface area contributed by atoms with Gasteiger partial charge in [0.25, 0.3) is 0 Å². The van der Waals surface area contributed by atoms with E-state index < -0.39 is 0 Å². The highest BCUT2D eigenvalue weighted by Crippen LogP contribution is 2.26. The van der Waals surface area contributed by atoms with E-state index in [-0.39, 0.29) is 11.8 Å². The standard InChI is InChI=1S/C23H24N4O2/c28-23(19-13-15-29-16-14-19)24-21-11-12-22(26-25-21)27(20-9-5-2-6-10-20)17-18-7-3-1-4-8-18/h1-12,19H,13-17H2,(H,24,25,28). The first-order valence-electron chi connectivity index (χ1n) is 9.88. The van der Waals surface area contributed by atoms with Crippen molar-refractivity contribution in [3.05, 3.63) is 78.4 Å². The van der Waals surface area contributed by atoms with Crippen LogP contribution in [0.2, 0.25) is 0 Å². The van der Waals surface area contributed by atoms with Gasteiger partial charge in [0.15, 0.2) is 11.6 Å². The van der Waals surface area contributed by atoms with Crippen LogP contribution < -0.4 is 10.2 Å². The Morgan fingerprint density at radius 3 is 2.28 bits per heavy atom. The minimum absolute atomic E-state index is 0.0143. The van der Waals surface area contributed by atoms with Gasteiger partial charge in [-0.3, -0.25) is 4.79 Å². The predicted octanol–water partition coefficient (Wildman–Crippen LogP) is 4.18. The van der Waals surface area contributed by atoms with Gasteiger partial charge in [0.2, 0.25) is 5.91 Å². The lowest BCUT2D eigenvalue weighted by Crippen LogP contribution is -2.29. The number of hydrogen-bond donors (Lipinski definition) is 1. The summed E-state index contributed by atoms with van der Waals surface area (Å²) in [6.07, 6.45) is 1.49. The Morgan fingerprint density at radius 2 is 1.62 bits per heavy atom. The number of nitrogens with one attached hydrogen (secondary N) is 1. The molecule has 0 spiro atoms. The molecule has 0 atom stereocenters. The van der Waals surface area contributed by atoms with Gasteiger partial charge < -0.3 is 15.0 Å². The Morgan fingerprint density at radius 1 is 0.931 bits per heavy atom. The zero-order valence-electron chi connectivity index (χ0n) is 16.2. The second kappa shape index (κ2) is 9.30. The molecule has 0 bridgehead atoms. The van der Waals surface area contributed by atoms with Crippen LogP contribution in [0.25, 0.3) is 0 Å². The molecular weight excluding hydrogens is 364 g/mol. The maximum absolute atomic E-state index is 12.4. The van der Waals surface area contributed by atoms with Crippen LogP contribution >= 0.6 is 0 Å². The molecule has 6 heteroatoms. The molecule has 1 aromatic heterocycles. The lowest BCUT2D eigenvalue weighted by molar-refractivity contribution is -0.122. The van der Waals surface area contributed by atoms with Crippen molar-refractivity contribution in [3.63, 3.8) is 0 Å². The van der Waals surface area contributed by atoms with Crippen molar-refractivity contribution in [1.29, 1.82) is 0 Å². The third-order valence-corrected chi connectivity index (χ3v) is 5.02. The van der Waals surface area contributed by atoms with Crippen molar-refractivity contribution >= 4 is 23.2 Å². The Kier molecular flexibility index (Phi) is 6.12. The van der Waals surface area contributed by atoms with Crippen molar-refractivity contribution in [2.75, 3.05) is 23.4 Å². The monoisotopic (exact) mass is 388 g/mol. The minimum Gasteiger partial charge on any atom is -0.381 e. The van der Waals surface area contributed by atoms with E-state index in [0.29, 0.717) is 25.6 Å². The van der Waals surface area contributed by atoms with Gasteiger partial charge >= 0.3 is 0 Å². The molecule has 0 saturated carbocycles. The number of carbonyl (C=O) groups is 1. The molecule has 4 rings (SSSR count). The van der Waals surface area contributed by atoms with Gasteiger partial charge in [-0.2, -0.15) is 0 Å². The number of benzene rings is 2. The van der Waals surface area contributed by atoms with E-state index >= 15 is 0 Å². The summed E-state index contributed by atoms with van der Waals surface area (Å²) < 4.78 is 5.32. The Bertz CT molecular complexity index is 911. The van der Waals surface area contributed by atoms with E-state index in [1.165, 1.54) is 5.56 Å². The number of carbonyl (C=O) groups excluding carboxylic acids is 1. The molecule has 0 unspecified atom stereocenters. The number of rotatable bonds is 6. The Labute approximate surface area is 170 Å². The zero-order chi connectivity index (χ0) is 19.9. The van der Waals surface area contributed by atoms with Crippen LogP contribution in [0.1, 0.15) is 18.4 Å². The summed E-state index contributed by atoms with van der Waals surface area (Å²) in [6.45, 7) is 1.94. The van der Waals surface area contributed by atoms with Crippen LogP contribution in [0.3, 0.4) is 0 Å². The first-order valence-corrected chi connectivity index (χ1v) is 9.88. The topological polar surface area (TPSA) is 67.4 Å². The average Bonchev–Trinajstić information content (AvgIpc) is 2.80. The van der Waals surface area contributed by atoms with Gasteiger partial charge in [0.05, 0.1) is 0 Å². The molecule has 3 aromatic rings. The first kappa shape index (κ1) is 19.1. The molecule has 1 aliphatic rings. The van der Waals surface area contributed by atoms with Gasteiger partial charge in [-0.15, -0.1) is 10.2 Å². The molecule has 1 aliphatic heterocycles.